The molecule has 0 amide bonds. The van der Waals surface area contributed by atoms with E-state index in [-0.39, 0.29) is 6.29 Å². The zero-order chi connectivity index (χ0) is 25.3. The first-order chi connectivity index (χ1) is 17.8. The van der Waals surface area contributed by atoms with Crippen LogP contribution in [0.5, 0.6) is 5.75 Å². The monoisotopic (exact) mass is 495 g/mol. The molecular formula is C32H49NO3. The van der Waals surface area contributed by atoms with E-state index in [0.29, 0.717) is 5.92 Å². The fourth-order valence-corrected chi connectivity index (χ4v) is 4.80. The normalized spacial score (nSPS) is 17.8. The molecule has 0 bridgehead atoms. The van der Waals surface area contributed by atoms with E-state index in [1.807, 2.05) is 18.3 Å². The number of hydrogen-bond donors (Lipinski definition) is 0. The van der Waals surface area contributed by atoms with Gasteiger partial charge in [-0.3, -0.25) is 4.98 Å². The number of nitrogens with zero attached hydrogens (tertiary/aromatic N) is 1. The van der Waals surface area contributed by atoms with E-state index < -0.39 is 0 Å². The van der Waals surface area contributed by atoms with Gasteiger partial charge >= 0.3 is 0 Å². The van der Waals surface area contributed by atoms with Gasteiger partial charge in [-0.2, -0.15) is 0 Å². The van der Waals surface area contributed by atoms with Gasteiger partial charge in [-0.15, -0.1) is 0 Å². The first kappa shape index (κ1) is 28.7. The molecule has 1 saturated heterocycles. The molecule has 0 N–H and O–H groups in total. The van der Waals surface area contributed by atoms with E-state index in [2.05, 4.69) is 43.1 Å². The molecule has 0 aliphatic carbocycles. The Morgan fingerprint density at radius 1 is 0.722 bits per heavy atom. The quantitative estimate of drug-likeness (QED) is 0.193. The van der Waals surface area contributed by atoms with Crippen LogP contribution in [-0.4, -0.2) is 24.8 Å². The molecule has 0 atom stereocenters. The Morgan fingerprint density at radius 3 is 1.94 bits per heavy atom. The van der Waals surface area contributed by atoms with Crippen molar-refractivity contribution in [2.45, 2.75) is 110 Å². The lowest BCUT2D eigenvalue weighted by Gasteiger charge is -2.29. The van der Waals surface area contributed by atoms with Crippen molar-refractivity contribution in [1.29, 1.82) is 0 Å². The van der Waals surface area contributed by atoms with Crippen LogP contribution in [0.4, 0.5) is 0 Å². The fourth-order valence-electron chi connectivity index (χ4n) is 4.80. The van der Waals surface area contributed by atoms with Gasteiger partial charge in [0.05, 0.1) is 25.5 Å². The zero-order valence-corrected chi connectivity index (χ0v) is 22.9. The highest BCUT2D eigenvalue weighted by molar-refractivity contribution is 5.60. The van der Waals surface area contributed by atoms with Gasteiger partial charge in [-0.1, -0.05) is 97.0 Å². The summed E-state index contributed by atoms with van der Waals surface area (Å²) < 4.78 is 18.0. The number of hydrogen-bond acceptors (Lipinski definition) is 4. The van der Waals surface area contributed by atoms with Gasteiger partial charge in [0.2, 0.25) is 0 Å². The summed E-state index contributed by atoms with van der Waals surface area (Å²) in [5.74, 6) is 1.45. The lowest BCUT2D eigenvalue weighted by atomic mass is 10.0. The van der Waals surface area contributed by atoms with Crippen LogP contribution in [0.2, 0.25) is 0 Å². The van der Waals surface area contributed by atoms with Crippen LogP contribution >= 0.6 is 0 Å². The van der Waals surface area contributed by atoms with E-state index in [1.165, 1.54) is 83.5 Å². The third-order valence-electron chi connectivity index (χ3n) is 7.16. The topological polar surface area (TPSA) is 40.6 Å². The second-order valence-electron chi connectivity index (χ2n) is 10.4. The Kier molecular flexibility index (Phi) is 14.0. The number of unbranched alkanes of at least 4 members (excludes halogenated alkanes) is 11. The molecule has 4 heteroatoms. The highest BCUT2D eigenvalue weighted by Gasteiger charge is 2.23. The standard InChI is InChI=1S/C32H49NO3/c1-3-5-7-9-11-13-15-23-34-30-20-17-28(18-21-30)31-22-19-29(24-33-31)32-35-25-27(26-36-32)16-14-12-10-8-6-4-2/h17-22,24,27,32H,3-16,23,25-26H2,1-2H3. The van der Waals surface area contributed by atoms with Gasteiger partial charge in [-0.25, -0.2) is 0 Å². The molecule has 200 valence electrons. The van der Waals surface area contributed by atoms with Crippen molar-refractivity contribution in [3.63, 3.8) is 0 Å². The molecule has 1 aliphatic rings. The Bertz CT molecular complexity index is 797. The average molecular weight is 496 g/mol. The largest absolute Gasteiger partial charge is 0.494 e. The SMILES string of the molecule is CCCCCCCCCOc1ccc(-c2ccc(C3OCC(CCCCCCCC)CO3)cn2)cc1. The summed E-state index contributed by atoms with van der Waals surface area (Å²) in [4.78, 5) is 4.67. The summed E-state index contributed by atoms with van der Waals surface area (Å²) in [7, 11) is 0. The highest BCUT2D eigenvalue weighted by atomic mass is 16.7. The lowest BCUT2D eigenvalue weighted by Crippen LogP contribution is -2.27. The first-order valence-electron chi connectivity index (χ1n) is 14.7. The van der Waals surface area contributed by atoms with Crippen LogP contribution < -0.4 is 4.74 Å². The maximum atomic E-state index is 6.03. The van der Waals surface area contributed by atoms with Crippen molar-refractivity contribution in [1.82, 2.24) is 4.98 Å². The minimum atomic E-state index is -0.297. The van der Waals surface area contributed by atoms with E-state index in [1.54, 1.807) is 0 Å². The molecule has 0 unspecified atom stereocenters. The number of aromatic nitrogens is 1. The molecule has 1 aliphatic heterocycles. The molecule has 0 spiro atoms. The summed E-state index contributed by atoms with van der Waals surface area (Å²) in [6.07, 6.45) is 19.9. The Balaban J connectivity index is 1.33. The third kappa shape index (κ3) is 10.6. The number of rotatable bonds is 18. The van der Waals surface area contributed by atoms with Crippen molar-refractivity contribution in [3.05, 3.63) is 48.2 Å². The lowest BCUT2D eigenvalue weighted by molar-refractivity contribution is -0.206. The van der Waals surface area contributed by atoms with Gasteiger partial charge in [0, 0.05) is 23.2 Å². The molecule has 36 heavy (non-hydrogen) atoms. The van der Waals surface area contributed by atoms with E-state index in [0.717, 1.165) is 48.8 Å². The first-order valence-corrected chi connectivity index (χ1v) is 14.7. The minimum absolute atomic E-state index is 0.297. The molecule has 0 saturated carbocycles. The van der Waals surface area contributed by atoms with E-state index in [4.69, 9.17) is 14.2 Å². The Hall–Kier alpha value is -1.91. The summed E-state index contributed by atoms with van der Waals surface area (Å²) in [5, 5.41) is 0. The van der Waals surface area contributed by atoms with E-state index in [9.17, 15) is 0 Å². The highest BCUT2D eigenvalue weighted by Crippen LogP contribution is 2.28. The second-order valence-corrected chi connectivity index (χ2v) is 10.4. The summed E-state index contributed by atoms with van der Waals surface area (Å²) in [5.41, 5.74) is 3.04. The van der Waals surface area contributed by atoms with E-state index >= 15 is 0 Å². The van der Waals surface area contributed by atoms with Crippen LogP contribution in [0, 0.1) is 5.92 Å². The van der Waals surface area contributed by atoms with Gasteiger partial charge in [-0.05, 0) is 43.2 Å². The zero-order valence-electron chi connectivity index (χ0n) is 22.9. The van der Waals surface area contributed by atoms with Gasteiger partial charge in [0.25, 0.3) is 0 Å². The number of benzene rings is 1. The van der Waals surface area contributed by atoms with Crippen LogP contribution in [0.25, 0.3) is 11.3 Å². The molecule has 3 rings (SSSR count). The Morgan fingerprint density at radius 2 is 1.33 bits per heavy atom. The number of pyridine rings is 1. The molecule has 2 heterocycles. The molecule has 1 aromatic heterocycles. The fraction of sp³-hybridized carbons (Fsp3) is 0.656. The minimum Gasteiger partial charge on any atom is -0.494 e. The Labute approximate surface area is 220 Å². The molecule has 4 nitrogen and oxygen atoms in total. The second kappa shape index (κ2) is 17.5. The molecule has 1 aromatic carbocycles. The van der Waals surface area contributed by atoms with Gasteiger partial charge in [0.15, 0.2) is 6.29 Å². The summed E-state index contributed by atoms with van der Waals surface area (Å²) in [6.45, 7) is 6.88. The molecular weight excluding hydrogens is 446 g/mol. The van der Waals surface area contributed by atoms with Crippen molar-refractivity contribution in [2.75, 3.05) is 19.8 Å². The third-order valence-corrected chi connectivity index (χ3v) is 7.16. The predicted molar refractivity (Wildman–Crippen MR) is 149 cm³/mol. The molecule has 2 aromatic rings. The average Bonchev–Trinajstić information content (AvgIpc) is 2.93. The maximum absolute atomic E-state index is 6.03. The van der Waals surface area contributed by atoms with Crippen molar-refractivity contribution in [3.8, 4) is 17.0 Å². The van der Waals surface area contributed by atoms with Crippen molar-refractivity contribution < 1.29 is 14.2 Å². The predicted octanol–water partition coefficient (Wildman–Crippen LogP) is 9.29. The van der Waals surface area contributed by atoms with Crippen molar-refractivity contribution >= 4 is 0 Å². The van der Waals surface area contributed by atoms with Crippen LogP contribution in [0.3, 0.4) is 0 Å². The summed E-state index contributed by atoms with van der Waals surface area (Å²) >= 11 is 0. The smallest absolute Gasteiger partial charge is 0.185 e. The van der Waals surface area contributed by atoms with Crippen LogP contribution in [-0.2, 0) is 9.47 Å². The van der Waals surface area contributed by atoms with Gasteiger partial charge in [0.1, 0.15) is 5.75 Å². The molecule has 0 radical (unpaired) electrons. The van der Waals surface area contributed by atoms with Crippen molar-refractivity contribution in [2.24, 2.45) is 5.92 Å². The summed E-state index contributed by atoms with van der Waals surface area (Å²) in [6, 6.07) is 12.4. The molecule has 1 fully saturated rings. The van der Waals surface area contributed by atoms with Gasteiger partial charge < -0.3 is 14.2 Å². The van der Waals surface area contributed by atoms with Crippen LogP contribution in [0.1, 0.15) is 116 Å². The number of ether oxygens (including phenoxy) is 3. The maximum Gasteiger partial charge on any atom is 0.185 e. The van der Waals surface area contributed by atoms with Crippen LogP contribution in [0.15, 0.2) is 42.6 Å².